The molecule has 0 spiro atoms. The van der Waals surface area contributed by atoms with E-state index >= 15 is 0 Å². The number of benzene rings is 1. The van der Waals surface area contributed by atoms with Gasteiger partial charge in [-0.15, -0.1) is 0 Å². The molecular weight excluding hydrogens is 262 g/mol. The molecule has 0 unspecified atom stereocenters. The number of rotatable bonds is 1. The highest BCUT2D eigenvalue weighted by atomic mass is 16.2. The van der Waals surface area contributed by atoms with Crippen molar-refractivity contribution in [1.82, 2.24) is 14.8 Å². The Hall–Kier alpha value is -1.81. The summed E-state index contributed by atoms with van der Waals surface area (Å²) in [6.07, 6.45) is 1.89. The summed E-state index contributed by atoms with van der Waals surface area (Å²) in [6, 6.07) is 7.85. The monoisotopic (exact) mass is 285 g/mol. The molecule has 1 aromatic heterocycles. The molecule has 0 saturated carbocycles. The van der Waals surface area contributed by atoms with Crippen molar-refractivity contribution in [3.05, 3.63) is 36.0 Å². The summed E-state index contributed by atoms with van der Waals surface area (Å²) in [6.45, 7) is 10.2. The highest BCUT2D eigenvalue weighted by Gasteiger charge is 2.28. The van der Waals surface area contributed by atoms with Gasteiger partial charge in [0.05, 0.1) is 0 Å². The largest absolute Gasteiger partial charge is 0.361 e. The van der Waals surface area contributed by atoms with Gasteiger partial charge in [0.1, 0.15) is 0 Å². The number of fused-ring (bicyclic) bond motifs is 1. The molecule has 2 aromatic rings. The lowest BCUT2D eigenvalue weighted by atomic mass is 10.0. The number of hydrogen-bond donors (Lipinski definition) is 1. The molecule has 3 rings (SSSR count). The summed E-state index contributed by atoms with van der Waals surface area (Å²) in [5.74, 6) is 0.147. The Morgan fingerprint density at radius 3 is 2.48 bits per heavy atom. The smallest absolute Gasteiger partial charge is 0.254 e. The van der Waals surface area contributed by atoms with Gasteiger partial charge in [0.2, 0.25) is 0 Å². The second kappa shape index (κ2) is 5.19. The molecule has 2 heterocycles. The van der Waals surface area contributed by atoms with Crippen molar-refractivity contribution < 1.29 is 4.79 Å². The zero-order valence-corrected chi connectivity index (χ0v) is 13.0. The van der Waals surface area contributed by atoms with Crippen LogP contribution in [0.3, 0.4) is 0 Å². The Balaban J connectivity index is 1.77. The fourth-order valence-electron chi connectivity index (χ4n) is 3.02. The van der Waals surface area contributed by atoms with Gasteiger partial charge in [-0.05, 0) is 39.0 Å². The molecular formula is C17H23N3O. The van der Waals surface area contributed by atoms with Crippen molar-refractivity contribution in [2.45, 2.75) is 26.3 Å². The maximum absolute atomic E-state index is 12.8. The minimum Gasteiger partial charge on any atom is -0.361 e. The summed E-state index contributed by atoms with van der Waals surface area (Å²) in [5, 5.41) is 1.01. The van der Waals surface area contributed by atoms with Gasteiger partial charge in [-0.25, -0.2) is 0 Å². The third-order valence-electron chi connectivity index (χ3n) is 4.34. The van der Waals surface area contributed by atoms with E-state index in [0.29, 0.717) is 0 Å². The number of carbonyl (C=O) groups excluding carboxylic acids is 1. The summed E-state index contributed by atoms with van der Waals surface area (Å²) < 4.78 is 0. The van der Waals surface area contributed by atoms with Gasteiger partial charge < -0.3 is 9.88 Å². The lowest BCUT2D eigenvalue weighted by Gasteiger charge is -2.42. The Bertz CT molecular complexity index is 645. The molecule has 21 heavy (non-hydrogen) atoms. The maximum Gasteiger partial charge on any atom is 0.254 e. The number of aromatic nitrogens is 1. The van der Waals surface area contributed by atoms with Crippen LogP contribution in [0.25, 0.3) is 10.9 Å². The molecule has 1 aromatic carbocycles. The fraction of sp³-hybridized carbons (Fsp3) is 0.471. The van der Waals surface area contributed by atoms with Crippen LogP contribution in [0.4, 0.5) is 0 Å². The van der Waals surface area contributed by atoms with Crippen LogP contribution in [0.5, 0.6) is 0 Å². The molecule has 0 aliphatic carbocycles. The molecule has 1 aliphatic heterocycles. The molecule has 1 N–H and O–H groups in total. The van der Waals surface area contributed by atoms with E-state index < -0.39 is 0 Å². The molecule has 1 fully saturated rings. The Labute approximate surface area is 125 Å². The standard InChI is InChI=1S/C17H23N3O/c1-17(2,3)20-11-9-19(10-12-20)16(21)14-5-4-6-15-13(14)7-8-18-15/h4-8,18H,9-12H2,1-3H3. The van der Waals surface area contributed by atoms with Gasteiger partial charge in [0.25, 0.3) is 5.91 Å². The maximum atomic E-state index is 12.8. The number of nitrogens with one attached hydrogen (secondary N) is 1. The van der Waals surface area contributed by atoms with Gasteiger partial charge in [0, 0.05) is 54.4 Å². The molecule has 1 saturated heterocycles. The Morgan fingerprint density at radius 1 is 1.10 bits per heavy atom. The first-order valence-electron chi connectivity index (χ1n) is 7.57. The number of aromatic amines is 1. The molecule has 0 atom stereocenters. The number of carbonyl (C=O) groups is 1. The average molecular weight is 285 g/mol. The molecule has 0 radical (unpaired) electrons. The van der Waals surface area contributed by atoms with Gasteiger partial charge >= 0.3 is 0 Å². The first-order chi connectivity index (χ1) is 9.97. The van der Waals surface area contributed by atoms with Crippen LogP contribution in [-0.2, 0) is 0 Å². The van der Waals surface area contributed by atoms with Crippen LogP contribution in [0, 0.1) is 0 Å². The quantitative estimate of drug-likeness (QED) is 0.875. The number of hydrogen-bond acceptors (Lipinski definition) is 2. The second-order valence-electron chi connectivity index (χ2n) is 6.69. The van der Waals surface area contributed by atoms with Crippen LogP contribution in [0.15, 0.2) is 30.5 Å². The minimum absolute atomic E-state index is 0.147. The molecule has 4 nitrogen and oxygen atoms in total. The van der Waals surface area contributed by atoms with Crippen LogP contribution in [0.2, 0.25) is 0 Å². The van der Waals surface area contributed by atoms with E-state index in [-0.39, 0.29) is 11.4 Å². The van der Waals surface area contributed by atoms with Gasteiger partial charge in [-0.2, -0.15) is 0 Å². The van der Waals surface area contributed by atoms with E-state index in [1.807, 2.05) is 35.4 Å². The van der Waals surface area contributed by atoms with Crippen LogP contribution in [-0.4, -0.2) is 52.4 Å². The lowest BCUT2D eigenvalue weighted by Crippen LogP contribution is -2.54. The number of piperazine rings is 1. The van der Waals surface area contributed by atoms with E-state index in [9.17, 15) is 4.79 Å². The highest BCUT2D eigenvalue weighted by Crippen LogP contribution is 2.21. The third kappa shape index (κ3) is 2.68. The fourth-order valence-corrected chi connectivity index (χ4v) is 3.02. The first-order valence-corrected chi connectivity index (χ1v) is 7.57. The van der Waals surface area contributed by atoms with E-state index in [2.05, 4.69) is 30.7 Å². The summed E-state index contributed by atoms with van der Waals surface area (Å²) >= 11 is 0. The predicted octanol–water partition coefficient (Wildman–Crippen LogP) is 2.72. The highest BCUT2D eigenvalue weighted by molar-refractivity contribution is 6.06. The van der Waals surface area contributed by atoms with Gasteiger partial charge in [-0.3, -0.25) is 9.69 Å². The number of nitrogens with zero attached hydrogens (tertiary/aromatic N) is 2. The SMILES string of the molecule is CC(C)(C)N1CCN(C(=O)c2cccc3[nH]ccc23)CC1. The first kappa shape index (κ1) is 14.1. The minimum atomic E-state index is 0.147. The summed E-state index contributed by atoms with van der Waals surface area (Å²) in [5.41, 5.74) is 2.00. The normalized spacial score (nSPS) is 17.4. The van der Waals surface area contributed by atoms with E-state index in [1.54, 1.807) is 0 Å². The zero-order valence-electron chi connectivity index (χ0n) is 13.0. The lowest BCUT2D eigenvalue weighted by molar-refractivity contribution is 0.0452. The van der Waals surface area contributed by atoms with E-state index in [1.165, 1.54) is 0 Å². The molecule has 4 heteroatoms. The van der Waals surface area contributed by atoms with Crippen molar-refractivity contribution >= 4 is 16.8 Å². The summed E-state index contributed by atoms with van der Waals surface area (Å²) in [4.78, 5) is 20.3. The van der Waals surface area contributed by atoms with E-state index in [0.717, 1.165) is 42.6 Å². The zero-order chi connectivity index (χ0) is 15.0. The molecule has 0 bridgehead atoms. The van der Waals surface area contributed by atoms with Crippen molar-refractivity contribution in [2.75, 3.05) is 26.2 Å². The van der Waals surface area contributed by atoms with Crippen molar-refractivity contribution in [2.24, 2.45) is 0 Å². The van der Waals surface area contributed by atoms with Crippen LogP contribution in [0.1, 0.15) is 31.1 Å². The molecule has 112 valence electrons. The van der Waals surface area contributed by atoms with Gasteiger partial charge in [-0.1, -0.05) is 6.07 Å². The second-order valence-corrected chi connectivity index (χ2v) is 6.69. The van der Waals surface area contributed by atoms with Crippen molar-refractivity contribution in [3.8, 4) is 0 Å². The molecule has 1 amide bonds. The molecule has 1 aliphatic rings. The van der Waals surface area contributed by atoms with Crippen LogP contribution >= 0.6 is 0 Å². The Kier molecular flexibility index (Phi) is 3.49. The number of H-pyrrole nitrogens is 1. The Morgan fingerprint density at radius 2 is 1.81 bits per heavy atom. The van der Waals surface area contributed by atoms with Crippen molar-refractivity contribution in [3.63, 3.8) is 0 Å². The van der Waals surface area contributed by atoms with Gasteiger partial charge in [0.15, 0.2) is 0 Å². The number of amides is 1. The van der Waals surface area contributed by atoms with Crippen molar-refractivity contribution in [1.29, 1.82) is 0 Å². The summed E-state index contributed by atoms with van der Waals surface area (Å²) in [7, 11) is 0. The topological polar surface area (TPSA) is 39.3 Å². The predicted molar refractivity (Wildman–Crippen MR) is 85.5 cm³/mol. The van der Waals surface area contributed by atoms with Crippen LogP contribution < -0.4 is 0 Å². The average Bonchev–Trinajstić information content (AvgIpc) is 2.94. The van der Waals surface area contributed by atoms with E-state index in [4.69, 9.17) is 0 Å². The third-order valence-corrected chi connectivity index (χ3v) is 4.34.